The van der Waals surface area contributed by atoms with Gasteiger partial charge in [0.15, 0.2) is 17.4 Å². The van der Waals surface area contributed by atoms with Crippen LogP contribution in [0.5, 0.6) is 5.75 Å². The fraction of sp³-hybridized carbons (Fsp3) is 0.333. The summed E-state index contributed by atoms with van der Waals surface area (Å²) >= 11 is 1.45. The molecule has 0 saturated heterocycles. The summed E-state index contributed by atoms with van der Waals surface area (Å²) in [5.41, 5.74) is 8.70. The lowest BCUT2D eigenvalue weighted by atomic mass is 10.1. The molecule has 3 aromatic heterocycles. The van der Waals surface area contributed by atoms with Gasteiger partial charge in [-0.1, -0.05) is 6.07 Å². The van der Waals surface area contributed by atoms with Crippen LogP contribution in [-0.4, -0.2) is 55.0 Å². The molecule has 0 aliphatic heterocycles. The second-order valence-corrected chi connectivity index (χ2v) is 9.77. The minimum Gasteiger partial charge on any atom is -0.487 e. The second-order valence-electron chi connectivity index (χ2n) is 8.74. The number of nitrogens with two attached hydrogens (primary N) is 1. The first kappa shape index (κ1) is 24.2. The summed E-state index contributed by atoms with van der Waals surface area (Å²) in [6, 6.07) is 4.66. The lowest BCUT2D eigenvalue weighted by Gasteiger charge is -2.20. The molecule has 5 N–H and O–H groups in total. The van der Waals surface area contributed by atoms with Crippen LogP contribution in [0.4, 0.5) is 20.5 Å². The normalized spacial score (nSPS) is 21.7. The first-order chi connectivity index (χ1) is 17.2. The zero-order valence-electron chi connectivity index (χ0n) is 19.4. The maximum Gasteiger partial charge on any atom is 0.222 e. The quantitative estimate of drug-likeness (QED) is 0.305. The predicted molar refractivity (Wildman–Crippen MR) is 132 cm³/mol. The van der Waals surface area contributed by atoms with Gasteiger partial charge >= 0.3 is 0 Å². The number of aliphatic hydroxyl groups is 2. The van der Waals surface area contributed by atoms with Gasteiger partial charge in [-0.25, -0.2) is 18.7 Å². The Morgan fingerprint density at radius 3 is 2.56 bits per heavy atom. The highest BCUT2D eigenvalue weighted by Crippen LogP contribution is 2.38. The van der Waals surface area contributed by atoms with Crippen LogP contribution in [0.3, 0.4) is 0 Å². The van der Waals surface area contributed by atoms with E-state index in [-0.39, 0.29) is 19.0 Å². The molecule has 36 heavy (non-hydrogen) atoms. The Hall–Kier alpha value is -3.48. The number of thiazole rings is 1. The van der Waals surface area contributed by atoms with Crippen molar-refractivity contribution < 1.29 is 23.7 Å². The number of hydrogen-bond acceptors (Lipinski definition) is 10. The summed E-state index contributed by atoms with van der Waals surface area (Å²) < 4.78 is 34.1. The van der Waals surface area contributed by atoms with Gasteiger partial charge in [0, 0.05) is 12.1 Å². The van der Waals surface area contributed by atoms with Crippen LogP contribution >= 0.6 is 11.3 Å². The van der Waals surface area contributed by atoms with Crippen molar-refractivity contribution in [3.63, 3.8) is 0 Å². The highest BCUT2D eigenvalue weighted by Gasteiger charge is 2.42. The third kappa shape index (κ3) is 4.43. The summed E-state index contributed by atoms with van der Waals surface area (Å²) in [5.74, 6) is -2.37. The molecule has 0 spiro atoms. The van der Waals surface area contributed by atoms with Crippen LogP contribution in [0.25, 0.3) is 20.8 Å². The standard InChI is InChI=1S/C24H24F2N6O3S/c1-10-17(23-31-18-11(2)28-7-6-16(18)36-23)22(32-24(27)29-10)30-15-8-12(19(33)20(15)34)9-35-21-13(25)4-3-5-14(21)26/h3-7,12,15,19-20,33-34H,8-9H2,1-2H3,(H3,27,29,30,32)/t12-,15-,19-,20+/m1/s1. The van der Waals surface area contributed by atoms with E-state index in [0.717, 1.165) is 28.0 Å². The highest BCUT2D eigenvalue weighted by atomic mass is 32.1. The van der Waals surface area contributed by atoms with Gasteiger partial charge in [0.2, 0.25) is 5.95 Å². The van der Waals surface area contributed by atoms with Crippen molar-refractivity contribution in [2.75, 3.05) is 17.7 Å². The van der Waals surface area contributed by atoms with Crippen LogP contribution in [0.15, 0.2) is 30.5 Å². The van der Waals surface area contributed by atoms with Gasteiger partial charge in [0.05, 0.1) is 40.4 Å². The number of aromatic nitrogens is 4. The molecule has 0 amide bonds. The predicted octanol–water partition coefficient (Wildman–Crippen LogP) is 3.23. The van der Waals surface area contributed by atoms with Crippen molar-refractivity contribution >= 4 is 33.3 Å². The van der Waals surface area contributed by atoms with E-state index in [2.05, 4.69) is 20.3 Å². The van der Waals surface area contributed by atoms with E-state index in [1.807, 2.05) is 13.0 Å². The SMILES string of the molecule is Cc1nc(N)nc(N[C@@H]2C[C@H](COc3c(F)cccc3F)[C@@H](O)[C@H]2O)c1-c1nc2c(C)nccc2s1. The van der Waals surface area contributed by atoms with Crippen molar-refractivity contribution in [2.45, 2.75) is 38.5 Å². The molecule has 1 aliphatic rings. The van der Waals surface area contributed by atoms with E-state index >= 15 is 0 Å². The molecule has 4 aromatic rings. The summed E-state index contributed by atoms with van der Waals surface area (Å²) in [7, 11) is 0. The summed E-state index contributed by atoms with van der Waals surface area (Å²) in [4.78, 5) is 17.7. The number of benzene rings is 1. The molecule has 1 aliphatic carbocycles. The lowest BCUT2D eigenvalue weighted by molar-refractivity contribution is 0.00650. The number of aliphatic hydroxyl groups excluding tert-OH is 2. The number of rotatable bonds is 6. The average molecular weight is 515 g/mol. The molecule has 5 rings (SSSR count). The monoisotopic (exact) mass is 514 g/mol. The molecule has 188 valence electrons. The first-order valence-corrected chi connectivity index (χ1v) is 12.1. The molecule has 0 bridgehead atoms. The van der Waals surface area contributed by atoms with Crippen LogP contribution < -0.4 is 15.8 Å². The largest absolute Gasteiger partial charge is 0.487 e. The second kappa shape index (κ2) is 9.52. The number of hydrogen-bond donors (Lipinski definition) is 4. The van der Waals surface area contributed by atoms with Crippen molar-refractivity contribution in [2.24, 2.45) is 5.92 Å². The number of nitrogens with one attached hydrogen (secondary N) is 1. The first-order valence-electron chi connectivity index (χ1n) is 11.3. The number of pyridine rings is 1. The third-order valence-corrected chi connectivity index (χ3v) is 7.33. The summed E-state index contributed by atoms with van der Waals surface area (Å²) in [6.45, 7) is 3.48. The fourth-order valence-electron chi connectivity index (χ4n) is 4.46. The maximum absolute atomic E-state index is 13.9. The van der Waals surface area contributed by atoms with E-state index in [9.17, 15) is 19.0 Å². The molecular weight excluding hydrogens is 490 g/mol. The van der Waals surface area contributed by atoms with E-state index in [4.69, 9.17) is 15.5 Å². The minimum atomic E-state index is -1.18. The zero-order chi connectivity index (χ0) is 25.6. The van der Waals surface area contributed by atoms with Gasteiger partial charge in [-0.2, -0.15) is 4.98 Å². The number of para-hydroxylation sites is 1. The number of aryl methyl sites for hydroxylation is 2. The Morgan fingerprint density at radius 1 is 1.08 bits per heavy atom. The maximum atomic E-state index is 13.9. The van der Waals surface area contributed by atoms with Crippen LogP contribution in [0, 0.1) is 31.4 Å². The van der Waals surface area contributed by atoms with Crippen LogP contribution in [0.1, 0.15) is 17.8 Å². The molecule has 1 aromatic carbocycles. The molecule has 0 radical (unpaired) electrons. The van der Waals surface area contributed by atoms with Crippen LogP contribution in [-0.2, 0) is 0 Å². The van der Waals surface area contributed by atoms with Gasteiger partial charge in [-0.05, 0) is 38.5 Å². The molecule has 4 atom stereocenters. The van der Waals surface area contributed by atoms with Crippen molar-refractivity contribution in [3.05, 3.63) is 53.5 Å². The molecule has 0 unspecified atom stereocenters. The highest BCUT2D eigenvalue weighted by molar-refractivity contribution is 7.21. The zero-order valence-corrected chi connectivity index (χ0v) is 20.3. The Balaban J connectivity index is 1.40. The molecule has 12 heteroatoms. The van der Waals surface area contributed by atoms with E-state index in [0.29, 0.717) is 22.1 Å². The van der Waals surface area contributed by atoms with Gasteiger partial charge in [-0.3, -0.25) is 4.98 Å². The molecule has 1 fully saturated rings. The van der Waals surface area contributed by atoms with Gasteiger partial charge in [0.25, 0.3) is 0 Å². The fourth-order valence-corrected chi connectivity index (χ4v) is 5.57. The molecular formula is C24H24F2N6O3S. The van der Waals surface area contributed by atoms with E-state index < -0.39 is 41.6 Å². The topological polar surface area (TPSA) is 139 Å². The number of fused-ring (bicyclic) bond motifs is 1. The van der Waals surface area contributed by atoms with Gasteiger partial charge < -0.3 is 26.0 Å². The third-order valence-electron chi connectivity index (χ3n) is 6.30. The van der Waals surface area contributed by atoms with Crippen molar-refractivity contribution in [3.8, 4) is 16.3 Å². The number of halogens is 2. The number of nitrogens with zero attached hydrogens (tertiary/aromatic N) is 4. The Bertz CT molecular complexity index is 1410. The van der Waals surface area contributed by atoms with Crippen molar-refractivity contribution in [1.29, 1.82) is 0 Å². The number of anilines is 2. The number of nitrogen functional groups attached to an aromatic ring is 1. The van der Waals surface area contributed by atoms with E-state index in [1.165, 1.54) is 17.4 Å². The average Bonchev–Trinajstić information content (AvgIpc) is 3.36. The molecule has 1 saturated carbocycles. The summed E-state index contributed by atoms with van der Waals surface area (Å²) in [5, 5.41) is 25.2. The Kier molecular flexibility index (Phi) is 6.41. The minimum absolute atomic E-state index is 0.0423. The molecule has 9 nitrogen and oxygen atoms in total. The summed E-state index contributed by atoms with van der Waals surface area (Å²) in [6.07, 6.45) is -0.395. The van der Waals surface area contributed by atoms with Crippen molar-refractivity contribution in [1.82, 2.24) is 19.9 Å². The lowest BCUT2D eigenvalue weighted by Crippen LogP contribution is -2.36. The van der Waals surface area contributed by atoms with Gasteiger partial charge in [0.1, 0.15) is 22.4 Å². The molecule has 3 heterocycles. The van der Waals surface area contributed by atoms with Crippen LogP contribution in [0.2, 0.25) is 0 Å². The Labute approximate surface area is 209 Å². The number of ether oxygens (including phenoxy) is 1. The van der Waals surface area contributed by atoms with E-state index in [1.54, 1.807) is 13.1 Å². The smallest absolute Gasteiger partial charge is 0.222 e. The Morgan fingerprint density at radius 2 is 1.83 bits per heavy atom. The van der Waals surface area contributed by atoms with Gasteiger partial charge in [-0.15, -0.1) is 11.3 Å².